The highest BCUT2D eigenvalue weighted by Crippen LogP contribution is 2.13. The SMILES string of the molecule is N=C(N)c1ccc(OCCCCCOc2ccc(C(=N)N)nc2)cc1. The van der Waals surface area contributed by atoms with Crippen LogP contribution in [0.1, 0.15) is 30.5 Å². The van der Waals surface area contributed by atoms with Gasteiger partial charge in [-0.2, -0.15) is 0 Å². The van der Waals surface area contributed by atoms with Crippen LogP contribution in [0.5, 0.6) is 11.5 Å². The molecular weight excluding hydrogens is 318 g/mol. The molecule has 7 nitrogen and oxygen atoms in total. The van der Waals surface area contributed by atoms with E-state index in [0.717, 1.165) is 25.0 Å². The van der Waals surface area contributed by atoms with Crippen molar-refractivity contribution in [1.29, 1.82) is 10.8 Å². The zero-order valence-corrected chi connectivity index (χ0v) is 14.0. The molecule has 25 heavy (non-hydrogen) atoms. The van der Waals surface area contributed by atoms with Crippen molar-refractivity contribution in [1.82, 2.24) is 4.98 Å². The van der Waals surface area contributed by atoms with Crippen LogP contribution in [0.3, 0.4) is 0 Å². The van der Waals surface area contributed by atoms with Gasteiger partial charge in [-0.25, -0.2) is 4.98 Å². The summed E-state index contributed by atoms with van der Waals surface area (Å²) in [5.74, 6) is 1.45. The maximum absolute atomic E-state index is 7.34. The number of aromatic nitrogens is 1. The van der Waals surface area contributed by atoms with E-state index in [1.165, 1.54) is 0 Å². The number of hydrogen-bond donors (Lipinski definition) is 4. The van der Waals surface area contributed by atoms with Crippen LogP contribution in [0.4, 0.5) is 0 Å². The van der Waals surface area contributed by atoms with Crippen molar-refractivity contribution in [2.24, 2.45) is 11.5 Å². The number of nitrogens with two attached hydrogens (primary N) is 2. The monoisotopic (exact) mass is 341 g/mol. The largest absolute Gasteiger partial charge is 0.494 e. The van der Waals surface area contributed by atoms with Crippen molar-refractivity contribution in [2.45, 2.75) is 19.3 Å². The Labute approximate surface area is 147 Å². The molecule has 2 aromatic rings. The predicted octanol–water partition coefficient (Wildman–Crippen LogP) is 2.28. The molecule has 1 heterocycles. The average Bonchev–Trinajstić information content (AvgIpc) is 2.61. The van der Waals surface area contributed by atoms with Gasteiger partial charge >= 0.3 is 0 Å². The summed E-state index contributed by atoms with van der Waals surface area (Å²) < 4.78 is 11.2. The Bertz CT molecular complexity index is 637. The van der Waals surface area contributed by atoms with Crippen molar-refractivity contribution in [3.05, 3.63) is 53.9 Å². The van der Waals surface area contributed by atoms with Crippen LogP contribution in [-0.4, -0.2) is 29.9 Å². The van der Waals surface area contributed by atoms with Crippen LogP contribution < -0.4 is 20.9 Å². The molecule has 132 valence electrons. The molecule has 0 saturated carbocycles. The van der Waals surface area contributed by atoms with Crippen molar-refractivity contribution < 1.29 is 9.47 Å². The first-order valence-electron chi connectivity index (χ1n) is 8.07. The number of nitrogens with zero attached hydrogens (tertiary/aromatic N) is 1. The molecule has 0 spiro atoms. The quantitative estimate of drug-likeness (QED) is 0.299. The van der Waals surface area contributed by atoms with Gasteiger partial charge in [-0.3, -0.25) is 10.8 Å². The summed E-state index contributed by atoms with van der Waals surface area (Å²) in [6.07, 6.45) is 4.41. The molecule has 0 radical (unpaired) electrons. The van der Waals surface area contributed by atoms with E-state index in [4.69, 9.17) is 31.8 Å². The van der Waals surface area contributed by atoms with E-state index in [2.05, 4.69) is 4.98 Å². The number of unbranched alkanes of at least 4 members (excludes halogenated alkanes) is 2. The van der Waals surface area contributed by atoms with E-state index in [-0.39, 0.29) is 11.7 Å². The maximum Gasteiger partial charge on any atom is 0.141 e. The highest BCUT2D eigenvalue weighted by atomic mass is 16.5. The van der Waals surface area contributed by atoms with Crippen LogP contribution >= 0.6 is 0 Å². The van der Waals surface area contributed by atoms with Gasteiger partial charge in [-0.1, -0.05) is 0 Å². The lowest BCUT2D eigenvalue weighted by molar-refractivity contribution is 0.279. The summed E-state index contributed by atoms with van der Waals surface area (Å²) >= 11 is 0. The fraction of sp³-hybridized carbons (Fsp3) is 0.278. The zero-order valence-electron chi connectivity index (χ0n) is 14.0. The van der Waals surface area contributed by atoms with Crippen molar-refractivity contribution in [3.8, 4) is 11.5 Å². The number of nitrogens with one attached hydrogen (secondary N) is 2. The normalized spacial score (nSPS) is 10.2. The number of hydrogen-bond acceptors (Lipinski definition) is 5. The van der Waals surface area contributed by atoms with Crippen molar-refractivity contribution in [3.63, 3.8) is 0 Å². The third-order valence-electron chi connectivity index (χ3n) is 3.50. The van der Waals surface area contributed by atoms with Crippen molar-refractivity contribution >= 4 is 11.7 Å². The molecule has 0 aliphatic heterocycles. The molecule has 0 amide bonds. The van der Waals surface area contributed by atoms with Crippen LogP contribution in [0.25, 0.3) is 0 Å². The van der Waals surface area contributed by atoms with Gasteiger partial charge in [-0.15, -0.1) is 0 Å². The molecule has 1 aromatic heterocycles. The van der Waals surface area contributed by atoms with E-state index in [9.17, 15) is 0 Å². The number of rotatable bonds is 10. The van der Waals surface area contributed by atoms with Crippen LogP contribution in [0, 0.1) is 10.8 Å². The molecule has 0 aliphatic rings. The minimum absolute atomic E-state index is 0.0533. The Kier molecular flexibility index (Phi) is 6.76. The second kappa shape index (κ2) is 9.27. The molecule has 0 saturated heterocycles. The van der Waals surface area contributed by atoms with E-state index in [0.29, 0.717) is 30.2 Å². The summed E-state index contributed by atoms with van der Waals surface area (Å²) in [6, 6.07) is 10.6. The third-order valence-corrected chi connectivity index (χ3v) is 3.50. The fourth-order valence-electron chi connectivity index (χ4n) is 2.12. The van der Waals surface area contributed by atoms with Gasteiger partial charge in [0.05, 0.1) is 19.4 Å². The summed E-state index contributed by atoms with van der Waals surface area (Å²) in [5.41, 5.74) is 11.9. The Morgan fingerprint density at radius 1 is 0.800 bits per heavy atom. The van der Waals surface area contributed by atoms with Crippen LogP contribution in [0.15, 0.2) is 42.6 Å². The molecule has 2 rings (SSSR count). The Balaban J connectivity index is 1.57. The Morgan fingerprint density at radius 2 is 1.40 bits per heavy atom. The lowest BCUT2D eigenvalue weighted by atomic mass is 10.2. The van der Waals surface area contributed by atoms with Gasteiger partial charge in [0.1, 0.15) is 28.9 Å². The van der Waals surface area contributed by atoms with Gasteiger partial charge < -0.3 is 20.9 Å². The number of nitrogen functional groups attached to an aromatic ring is 2. The minimum Gasteiger partial charge on any atom is -0.494 e. The van der Waals surface area contributed by atoms with Gasteiger partial charge in [-0.05, 0) is 55.7 Å². The summed E-state index contributed by atoms with van der Waals surface area (Å²) in [7, 11) is 0. The van der Waals surface area contributed by atoms with Crippen LogP contribution in [-0.2, 0) is 0 Å². The van der Waals surface area contributed by atoms with E-state index < -0.39 is 0 Å². The van der Waals surface area contributed by atoms with Gasteiger partial charge in [0, 0.05) is 5.56 Å². The highest BCUT2D eigenvalue weighted by Gasteiger charge is 2.00. The number of benzene rings is 1. The second-order valence-electron chi connectivity index (χ2n) is 5.49. The summed E-state index contributed by atoms with van der Waals surface area (Å²) in [4.78, 5) is 4.04. The highest BCUT2D eigenvalue weighted by molar-refractivity contribution is 5.95. The van der Waals surface area contributed by atoms with E-state index in [1.807, 2.05) is 12.1 Å². The van der Waals surface area contributed by atoms with Crippen LogP contribution in [0.2, 0.25) is 0 Å². The summed E-state index contributed by atoms with van der Waals surface area (Å²) in [5, 5.41) is 14.6. The molecular formula is C18H23N5O2. The number of amidine groups is 2. The minimum atomic E-state index is -0.0533. The predicted molar refractivity (Wildman–Crippen MR) is 97.6 cm³/mol. The molecule has 0 unspecified atom stereocenters. The summed E-state index contributed by atoms with van der Waals surface area (Å²) in [6.45, 7) is 1.24. The second-order valence-corrected chi connectivity index (χ2v) is 5.49. The molecule has 0 bridgehead atoms. The first-order valence-corrected chi connectivity index (χ1v) is 8.07. The zero-order chi connectivity index (χ0) is 18.1. The Hall–Kier alpha value is -3.09. The standard InChI is InChI=1S/C18H23N5O2/c19-17(20)13-4-6-14(7-5-13)24-10-2-1-3-11-25-15-8-9-16(18(21)22)23-12-15/h4-9,12H,1-3,10-11H2,(H3,19,20)(H3,21,22). The molecule has 6 N–H and O–H groups in total. The molecule has 1 aromatic carbocycles. The molecule has 7 heteroatoms. The third kappa shape index (κ3) is 6.14. The lowest BCUT2D eigenvalue weighted by Crippen LogP contribution is -2.12. The first kappa shape index (κ1) is 18.3. The topological polar surface area (TPSA) is 131 Å². The number of pyridine rings is 1. The molecule has 0 aliphatic carbocycles. The van der Waals surface area contributed by atoms with E-state index in [1.54, 1.807) is 30.5 Å². The van der Waals surface area contributed by atoms with Gasteiger partial charge in [0.2, 0.25) is 0 Å². The van der Waals surface area contributed by atoms with Gasteiger partial charge in [0.25, 0.3) is 0 Å². The van der Waals surface area contributed by atoms with Gasteiger partial charge in [0.15, 0.2) is 0 Å². The Morgan fingerprint density at radius 3 is 1.92 bits per heavy atom. The lowest BCUT2D eigenvalue weighted by Gasteiger charge is -2.08. The number of ether oxygens (including phenoxy) is 2. The average molecular weight is 341 g/mol. The fourth-order valence-corrected chi connectivity index (χ4v) is 2.12. The smallest absolute Gasteiger partial charge is 0.141 e. The molecule has 0 fully saturated rings. The van der Waals surface area contributed by atoms with Crippen molar-refractivity contribution in [2.75, 3.05) is 13.2 Å². The molecule has 0 atom stereocenters. The van der Waals surface area contributed by atoms with E-state index >= 15 is 0 Å². The maximum atomic E-state index is 7.34. The first-order chi connectivity index (χ1) is 12.1.